The van der Waals surface area contributed by atoms with Crippen LogP contribution in [0.15, 0.2) is 29.2 Å². The van der Waals surface area contributed by atoms with Crippen LogP contribution in [0.3, 0.4) is 0 Å². The van der Waals surface area contributed by atoms with Gasteiger partial charge in [0.1, 0.15) is 6.07 Å². The second kappa shape index (κ2) is 6.14. The minimum Gasteiger partial charge on any atom is -0.469 e. The number of nitrogens with one attached hydrogen (secondary N) is 1. The summed E-state index contributed by atoms with van der Waals surface area (Å²) in [6.07, 6.45) is -0.0650. The largest absolute Gasteiger partial charge is 0.469 e. The Bertz CT molecular complexity index is 575. The first kappa shape index (κ1) is 14.2. The summed E-state index contributed by atoms with van der Waals surface area (Å²) in [4.78, 5) is 10.7. The Morgan fingerprint density at radius 1 is 1.44 bits per heavy atom. The van der Waals surface area contributed by atoms with Gasteiger partial charge < -0.3 is 4.74 Å². The van der Waals surface area contributed by atoms with E-state index in [9.17, 15) is 13.2 Å². The van der Waals surface area contributed by atoms with Crippen LogP contribution < -0.4 is 4.72 Å². The number of esters is 1. The number of nitrogens with zero attached hydrogens (tertiary/aromatic N) is 1. The van der Waals surface area contributed by atoms with E-state index in [0.29, 0.717) is 0 Å². The number of benzene rings is 1. The van der Waals surface area contributed by atoms with Crippen LogP contribution in [0.25, 0.3) is 0 Å². The molecule has 0 fully saturated rings. The average molecular weight is 268 g/mol. The number of nitriles is 1. The van der Waals surface area contributed by atoms with Crippen LogP contribution in [-0.4, -0.2) is 28.0 Å². The van der Waals surface area contributed by atoms with Crippen molar-refractivity contribution in [2.45, 2.75) is 11.3 Å². The smallest absolute Gasteiger partial charge is 0.306 e. The molecule has 0 unspecified atom stereocenters. The summed E-state index contributed by atoms with van der Waals surface area (Å²) >= 11 is 0. The highest BCUT2D eigenvalue weighted by molar-refractivity contribution is 7.89. The summed E-state index contributed by atoms with van der Waals surface area (Å²) in [6, 6.07) is 7.64. The van der Waals surface area contributed by atoms with Gasteiger partial charge in [-0.2, -0.15) is 5.26 Å². The SMILES string of the molecule is COC(=O)CCNS(=O)(=O)c1ccccc1C#N. The highest BCUT2D eigenvalue weighted by Gasteiger charge is 2.17. The number of rotatable bonds is 5. The van der Waals surface area contributed by atoms with E-state index in [1.54, 1.807) is 12.1 Å². The molecule has 1 aromatic carbocycles. The van der Waals surface area contributed by atoms with E-state index < -0.39 is 16.0 Å². The van der Waals surface area contributed by atoms with Gasteiger partial charge in [-0.15, -0.1) is 0 Å². The van der Waals surface area contributed by atoms with Gasteiger partial charge in [0.05, 0.1) is 24.0 Å². The Balaban J connectivity index is 2.81. The molecular weight excluding hydrogens is 256 g/mol. The molecule has 18 heavy (non-hydrogen) atoms. The highest BCUT2D eigenvalue weighted by Crippen LogP contribution is 2.13. The van der Waals surface area contributed by atoms with Gasteiger partial charge in [0, 0.05) is 6.54 Å². The number of carbonyl (C=O) groups excluding carboxylic acids is 1. The van der Waals surface area contributed by atoms with Crippen molar-refractivity contribution in [2.24, 2.45) is 0 Å². The van der Waals surface area contributed by atoms with Gasteiger partial charge in [-0.3, -0.25) is 4.79 Å². The maximum Gasteiger partial charge on any atom is 0.306 e. The minimum atomic E-state index is -3.79. The van der Waals surface area contributed by atoms with E-state index in [0.717, 1.165) is 0 Å². The molecule has 0 radical (unpaired) electrons. The summed E-state index contributed by atoms with van der Waals surface area (Å²) in [5.74, 6) is -0.508. The van der Waals surface area contributed by atoms with Crippen LogP contribution in [0.2, 0.25) is 0 Å². The third-order valence-corrected chi connectivity index (χ3v) is 3.67. The van der Waals surface area contributed by atoms with E-state index in [2.05, 4.69) is 9.46 Å². The van der Waals surface area contributed by atoms with E-state index >= 15 is 0 Å². The van der Waals surface area contributed by atoms with Gasteiger partial charge in [0.25, 0.3) is 0 Å². The molecule has 96 valence electrons. The summed E-state index contributed by atoms with van der Waals surface area (Å²) < 4.78 is 30.4. The second-order valence-corrected chi connectivity index (χ2v) is 5.07. The first-order chi connectivity index (χ1) is 8.51. The van der Waals surface area contributed by atoms with Gasteiger partial charge in [-0.1, -0.05) is 12.1 Å². The van der Waals surface area contributed by atoms with Crippen LogP contribution >= 0.6 is 0 Å². The Labute approximate surface area is 105 Å². The van der Waals surface area contributed by atoms with Gasteiger partial charge in [-0.05, 0) is 12.1 Å². The summed E-state index contributed by atoms with van der Waals surface area (Å²) in [7, 11) is -2.56. The van der Waals surface area contributed by atoms with E-state index in [4.69, 9.17) is 5.26 Å². The topological polar surface area (TPSA) is 96.3 Å². The lowest BCUT2D eigenvalue weighted by Gasteiger charge is -2.07. The predicted molar refractivity (Wildman–Crippen MR) is 63.0 cm³/mol. The molecular formula is C11H12N2O4S. The molecule has 1 rings (SSSR count). The molecule has 1 aromatic rings. The van der Waals surface area contributed by atoms with Gasteiger partial charge in [-0.25, -0.2) is 13.1 Å². The van der Waals surface area contributed by atoms with Gasteiger partial charge >= 0.3 is 5.97 Å². The number of carbonyl (C=O) groups is 1. The Kier molecular flexibility index (Phi) is 4.83. The zero-order chi connectivity index (χ0) is 13.6. The monoisotopic (exact) mass is 268 g/mol. The maximum absolute atomic E-state index is 11.9. The average Bonchev–Trinajstić information content (AvgIpc) is 2.38. The zero-order valence-corrected chi connectivity index (χ0v) is 10.5. The van der Waals surface area contributed by atoms with Gasteiger partial charge in [0.2, 0.25) is 10.0 Å². The second-order valence-electron chi connectivity index (χ2n) is 3.33. The predicted octanol–water partition coefficient (Wildman–Crippen LogP) is 0.400. The first-order valence-corrected chi connectivity index (χ1v) is 6.55. The maximum atomic E-state index is 11.9. The highest BCUT2D eigenvalue weighted by atomic mass is 32.2. The number of hydrogen-bond donors (Lipinski definition) is 1. The lowest BCUT2D eigenvalue weighted by molar-refractivity contribution is -0.140. The van der Waals surface area contributed by atoms with Crippen molar-refractivity contribution in [1.82, 2.24) is 4.72 Å². The summed E-state index contributed by atoms with van der Waals surface area (Å²) in [5.41, 5.74) is 0.0584. The number of ether oxygens (including phenoxy) is 1. The molecule has 1 N–H and O–H groups in total. The van der Waals surface area contributed by atoms with Crippen molar-refractivity contribution in [3.63, 3.8) is 0 Å². The standard InChI is InChI=1S/C11H12N2O4S/c1-17-11(14)6-7-13-18(15,16)10-5-3-2-4-9(10)8-12/h2-5,13H,6-7H2,1H3. The van der Waals surface area contributed by atoms with Crippen molar-refractivity contribution in [3.8, 4) is 6.07 Å². The normalized spacial score (nSPS) is 10.7. The molecule has 0 aliphatic carbocycles. The van der Waals surface area contributed by atoms with Crippen molar-refractivity contribution in [2.75, 3.05) is 13.7 Å². The number of methoxy groups -OCH3 is 1. The van der Waals surface area contributed by atoms with E-state index in [-0.39, 0.29) is 23.4 Å². The summed E-state index contributed by atoms with van der Waals surface area (Å²) in [5, 5.41) is 8.82. The van der Waals surface area contributed by atoms with Gasteiger partial charge in [0.15, 0.2) is 0 Å². The van der Waals surface area contributed by atoms with Crippen molar-refractivity contribution >= 4 is 16.0 Å². The Morgan fingerprint density at radius 3 is 2.72 bits per heavy atom. The van der Waals surface area contributed by atoms with Crippen LogP contribution in [-0.2, 0) is 19.6 Å². The van der Waals surface area contributed by atoms with Crippen molar-refractivity contribution in [1.29, 1.82) is 5.26 Å². The molecule has 0 atom stereocenters. The number of sulfonamides is 1. The molecule has 0 saturated heterocycles. The minimum absolute atomic E-state index is 0.0584. The molecule has 7 heteroatoms. The zero-order valence-electron chi connectivity index (χ0n) is 9.71. The molecule has 0 bridgehead atoms. The molecule has 0 amide bonds. The van der Waals surface area contributed by atoms with E-state index in [1.165, 1.54) is 25.3 Å². The first-order valence-electron chi connectivity index (χ1n) is 5.07. The van der Waals surface area contributed by atoms with E-state index in [1.807, 2.05) is 0 Å². The van der Waals surface area contributed by atoms with Crippen LogP contribution in [0, 0.1) is 11.3 Å². The molecule has 0 aliphatic heterocycles. The molecule has 0 spiro atoms. The van der Waals surface area contributed by atoms with Crippen LogP contribution in [0.1, 0.15) is 12.0 Å². The Morgan fingerprint density at radius 2 is 2.11 bits per heavy atom. The molecule has 0 heterocycles. The lowest BCUT2D eigenvalue weighted by atomic mass is 10.2. The van der Waals surface area contributed by atoms with Crippen LogP contribution in [0.5, 0.6) is 0 Å². The molecule has 0 aliphatic rings. The quantitative estimate of drug-likeness (QED) is 0.780. The fourth-order valence-electron chi connectivity index (χ4n) is 1.26. The van der Waals surface area contributed by atoms with Crippen molar-refractivity contribution in [3.05, 3.63) is 29.8 Å². The number of hydrogen-bond acceptors (Lipinski definition) is 5. The fraction of sp³-hybridized carbons (Fsp3) is 0.273. The molecule has 0 aromatic heterocycles. The summed E-state index contributed by atoms with van der Waals surface area (Å²) in [6.45, 7) is -0.0746. The molecule has 0 saturated carbocycles. The molecule has 6 nitrogen and oxygen atoms in total. The fourth-order valence-corrected chi connectivity index (χ4v) is 2.45. The Hall–Kier alpha value is -1.91. The third-order valence-electron chi connectivity index (χ3n) is 2.15. The van der Waals surface area contributed by atoms with Crippen LogP contribution in [0.4, 0.5) is 0 Å². The van der Waals surface area contributed by atoms with Crippen molar-refractivity contribution < 1.29 is 17.9 Å². The third kappa shape index (κ3) is 3.55. The lowest BCUT2D eigenvalue weighted by Crippen LogP contribution is -2.27.